The third-order valence-electron chi connectivity index (χ3n) is 5.31. The van der Waals surface area contributed by atoms with E-state index < -0.39 is 0 Å². The highest BCUT2D eigenvalue weighted by atomic mass is 14.5. The Labute approximate surface area is 95.8 Å². The first kappa shape index (κ1) is 11.5. The molecular weight excluding hydrogens is 180 g/mol. The minimum absolute atomic E-state index is 0.912. The maximum atomic E-state index is 2.50. The largest absolute Gasteiger partial charge is 0.0625 e. The van der Waals surface area contributed by atoms with Gasteiger partial charge in [0, 0.05) is 0 Å². The summed E-state index contributed by atoms with van der Waals surface area (Å²) in [6.45, 7) is 9.85. The van der Waals surface area contributed by atoms with Gasteiger partial charge in [0.25, 0.3) is 0 Å². The van der Waals surface area contributed by atoms with Crippen LogP contribution in [0.5, 0.6) is 0 Å². The summed E-state index contributed by atoms with van der Waals surface area (Å²) in [5, 5.41) is 0. The predicted octanol–water partition coefficient (Wildman–Crippen LogP) is 4.74. The first-order valence-electron chi connectivity index (χ1n) is 7.09. The monoisotopic (exact) mass is 208 g/mol. The Bertz CT molecular complexity index is 202. The van der Waals surface area contributed by atoms with Gasteiger partial charge in [-0.3, -0.25) is 0 Å². The highest BCUT2D eigenvalue weighted by Gasteiger charge is 2.41. The molecule has 5 atom stereocenters. The maximum Gasteiger partial charge on any atom is -0.0350 e. The van der Waals surface area contributed by atoms with Crippen LogP contribution in [0, 0.1) is 35.5 Å². The fourth-order valence-corrected chi connectivity index (χ4v) is 4.36. The van der Waals surface area contributed by atoms with E-state index in [0.29, 0.717) is 0 Å². The van der Waals surface area contributed by atoms with Crippen LogP contribution in [-0.4, -0.2) is 0 Å². The molecule has 0 saturated heterocycles. The molecule has 2 aliphatic carbocycles. The third-order valence-corrected chi connectivity index (χ3v) is 5.31. The molecule has 2 aliphatic rings. The number of hydrogen-bond acceptors (Lipinski definition) is 0. The van der Waals surface area contributed by atoms with Gasteiger partial charge in [-0.25, -0.2) is 0 Å². The summed E-state index contributed by atoms with van der Waals surface area (Å²) in [6, 6.07) is 0. The quantitative estimate of drug-likeness (QED) is 0.584. The van der Waals surface area contributed by atoms with Gasteiger partial charge in [0.15, 0.2) is 0 Å². The van der Waals surface area contributed by atoms with Gasteiger partial charge in [0.1, 0.15) is 0 Å². The van der Waals surface area contributed by atoms with Gasteiger partial charge in [-0.05, 0) is 54.8 Å². The molecule has 0 heterocycles. The van der Waals surface area contributed by atoms with Crippen molar-refractivity contribution in [3.8, 4) is 0 Å². The molecule has 0 aromatic heterocycles. The Morgan fingerprint density at radius 3 is 2.27 bits per heavy atom. The molecule has 15 heavy (non-hydrogen) atoms. The maximum absolute atomic E-state index is 2.50. The van der Waals surface area contributed by atoms with Gasteiger partial charge < -0.3 is 0 Å². The minimum Gasteiger partial charge on any atom is -0.0625 e. The third kappa shape index (κ3) is 2.24. The lowest BCUT2D eigenvalue weighted by Gasteiger charge is -2.48. The van der Waals surface area contributed by atoms with E-state index in [4.69, 9.17) is 0 Å². The smallest absolute Gasteiger partial charge is 0.0350 e. The van der Waals surface area contributed by atoms with E-state index in [2.05, 4.69) is 27.7 Å². The molecule has 0 bridgehead atoms. The van der Waals surface area contributed by atoms with Crippen LogP contribution in [0.1, 0.15) is 59.8 Å². The zero-order chi connectivity index (χ0) is 11.0. The Morgan fingerprint density at radius 2 is 1.60 bits per heavy atom. The molecule has 0 aliphatic heterocycles. The second-order valence-electron chi connectivity index (χ2n) is 6.71. The first-order valence-corrected chi connectivity index (χ1v) is 7.09. The highest BCUT2D eigenvalue weighted by Crippen LogP contribution is 2.50. The van der Waals surface area contributed by atoms with Crippen LogP contribution in [0.15, 0.2) is 0 Å². The zero-order valence-corrected chi connectivity index (χ0v) is 11.0. The fraction of sp³-hybridized carbons (Fsp3) is 1.00. The Balaban J connectivity index is 2.10. The average molecular weight is 208 g/mol. The van der Waals surface area contributed by atoms with E-state index in [0.717, 1.165) is 35.5 Å². The molecule has 0 heteroatoms. The van der Waals surface area contributed by atoms with Crippen molar-refractivity contribution in [2.24, 2.45) is 35.5 Å². The van der Waals surface area contributed by atoms with Crippen molar-refractivity contribution in [3.63, 3.8) is 0 Å². The van der Waals surface area contributed by atoms with Crippen LogP contribution in [0.4, 0.5) is 0 Å². The molecule has 0 aromatic carbocycles. The molecule has 2 fully saturated rings. The van der Waals surface area contributed by atoms with Crippen LogP contribution in [0.25, 0.3) is 0 Å². The lowest BCUT2D eigenvalue weighted by molar-refractivity contribution is 0.0182. The second kappa shape index (κ2) is 4.47. The Kier molecular flexibility index (Phi) is 3.42. The summed E-state index contributed by atoms with van der Waals surface area (Å²) in [6.07, 6.45) is 7.55. The lowest BCUT2D eigenvalue weighted by Crippen LogP contribution is -2.39. The van der Waals surface area contributed by atoms with Gasteiger partial charge in [-0.2, -0.15) is 0 Å². The molecule has 0 nitrogen and oxygen atoms in total. The van der Waals surface area contributed by atoms with Crippen molar-refractivity contribution in [2.45, 2.75) is 59.8 Å². The zero-order valence-electron chi connectivity index (χ0n) is 11.0. The Hall–Kier alpha value is 0. The van der Waals surface area contributed by atoms with Crippen molar-refractivity contribution in [3.05, 3.63) is 0 Å². The molecule has 0 N–H and O–H groups in total. The summed E-state index contributed by atoms with van der Waals surface area (Å²) in [7, 11) is 0. The van der Waals surface area contributed by atoms with Gasteiger partial charge in [-0.1, -0.05) is 40.5 Å². The predicted molar refractivity (Wildman–Crippen MR) is 66.7 cm³/mol. The van der Waals surface area contributed by atoms with Crippen LogP contribution >= 0.6 is 0 Å². The van der Waals surface area contributed by atoms with E-state index in [1.54, 1.807) is 0 Å². The molecule has 2 unspecified atom stereocenters. The van der Waals surface area contributed by atoms with Crippen molar-refractivity contribution in [2.75, 3.05) is 0 Å². The van der Waals surface area contributed by atoms with E-state index in [1.165, 1.54) is 32.1 Å². The molecule has 0 amide bonds. The first-order chi connectivity index (χ1) is 7.09. The summed E-state index contributed by atoms with van der Waals surface area (Å²) < 4.78 is 0. The van der Waals surface area contributed by atoms with Gasteiger partial charge in [0.2, 0.25) is 0 Å². The topological polar surface area (TPSA) is 0 Å². The second-order valence-corrected chi connectivity index (χ2v) is 6.71. The molecular formula is C15H28. The molecule has 0 radical (unpaired) electrons. The highest BCUT2D eigenvalue weighted by molar-refractivity contribution is 4.90. The van der Waals surface area contributed by atoms with Crippen LogP contribution in [0.3, 0.4) is 0 Å². The van der Waals surface area contributed by atoms with Crippen molar-refractivity contribution in [1.29, 1.82) is 0 Å². The van der Waals surface area contributed by atoms with Crippen LogP contribution < -0.4 is 0 Å². The van der Waals surface area contributed by atoms with Crippen LogP contribution in [-0.2, 0) is 0 Å². The molecule has 88 valence electrons. The molecule has 2 rings (SSSR count). The Morgan fingerprint density at radius 1 is 0.867 bits per heavy atom. The molecule has 2 saturated carbocycles. The summed E-state index contributed by atoms with van der Waals surface area (Å²) in [5.41, 5.74) is 0. The normalized spacial score (nSPS) is 46.6. The number of hydrogen-bond donors (Lipinski definition) is 0. The average Bonchev–Trinajstić information content (AvgIpc) is 2.17. The van der Waals surface area contributed by atoms with E-state index >= 15 is 0 Å². The van der Waals surface area contributed by atoms with E-state index in [9.17, 15) is 0 Å². The minimum atomic E-state index is 0.912. The summed E-state index contributed by atoms with van der Waals surface area (Å²) in [4.78, 5) is 0. The lowest BCUT2D eigenvalue weighted by atomic mass is 9.57. The SMILES string of the molecule is CC1CC[C@H]2C(C)CC[C@H](C(C)C)[C@H]2C1. The number of rotatable bonds is 1. The van der Waals surface area contributed by atoms with Crippen molar-refractivity contribution < 1.29 is 0 Å². The van der Waals surface area contributed by atoms with Crippen LogP contribution in [0.2, 0.25) is 0 Å². The summed E-state index contributed by atoms with van der Waals surface area (Å²) >= 11 is 0. The van der Waals surface area contributed by atoms with Gasteiger partial charge in [0.05, 0.1) is 0 Å². The standard InChI is InChI=1S/C15H28/c1-10(2)13-8-6-12(4)14-7-5-11(3)9-15(13)14/h10-15H,5-9H2,1-4H3/t11?,12?,13-,14+,15-/m1/s1. The fourth-order valence-electron chi connectivity index (χ4n) is 4.36. The van der Waals surface area contributed by atoms with Crippen molar-refractivity contribution >= 4 is 0 Å². The van der Waals surface area contributed by atoms with E-state index in [1.807, 2.05) is 0 Å². The molecule has 0 aromatic rings. The van der Waals surface area contributed by atoms with Crippen molar-refractivity contribution in [1.82, 2.24) is 0 Å². The van der Waals surface area contributed by atoms with Gasteiger partial charge >= 0.3 is 0 Å². The molecule has 0 spiro atoms. The number of fused-ring (bicyclic) bond motifs is 1. The summed E-state index contributed by atoms with van der Waals surface area (Å²) in [5.74, 6) is 6.10. The van der Waals surface area contributed by atoms with Gasteiger partial charge in [-0.15, -0.1) is 0 Å². The van der Waals surface area contributed by atoms with E-state index in [-0.39, 0.29) is 0 Å².